The summed E-state index contributed by atoms with van der Waals surface area (Å²) in [6.45, 7) is 8.27. The van der Waals surface area contributed by atoms with Gasteiger partial charge in [-0.2, -0.15) is 0 Å². The second kappa shape index (κ2) is 10.5. The van der Waals surface area contributed by atoms with Gasteiger partial charge < -0.3 is 27.0 Å². The Balaban J connectivity index is 1.59. The molecule has 3 aromatic rings. The molecule has 0 amide bonds. The average molecular weight is 444 g/mol. The maximum absolute atomic E-state index is 6.44. The molecule has 4 rings (SSSR count). The monoisotopic (exact) mass is 443 g/mol. The molecule has 1 saturated heterocycles. The highest BCUT2D eigenvalue weighted by Gasteiger charge is 2.24. The van der Waals surface area contributed by atoms with Crippen molar-refractivity contribution in [2.24, 2.45) is 0 Å². The zero-order chi connectivity index (χ0) is 23.2. The van der Waals surface area contributed by atoms with Crippen LogP contribution in [0.3, 0.4) is 0 Å². The second-order valence-electron chi connectivity index (χ2n) is 8.46. The van der Waals surface area contributed by atoms with E-state index < -0.39 is 0 Å². The maximum Gasteiger partial charge on any atom is 0.130 e. The third-order valence-electron chi connectivity index (χ3n) is 6.10. The summed E-state index contributed by atoms with van der Waals surface area (Å²) in [7, 11) is 1.95. The summed E-state index contributed by atoms with van der Waals surface area (Å²) in [5, 5.41) is 13.9. The predicted molar refractivity (Wildman–Crippen MR) is 137 cm³/mol. The lowest BCUT2D eigenvalue weighted by molar-refractivity contribution is 0.479. The van der Waals surface area contributed by atoms with E-state index in [0.717, 1.165) is 59.0 Å². The van der Waals surface area contributed by atoms with E-state index >= 15 is 0 Å². The Kier molecular flexibility index (Phi) is 7.22. The summed E-state index contributed by atoms with van der Waals surface area (Å²) in [6, 6.07) is 14.4. The molecule has 0 aliphatic carbocycles. The molecule has 0 bridgehead atoms. The molecule has 1 fully saturated rings. The molecule has 6 N–H and O–H groups in total. The number of nitrogen functional groups attached to an aromatic ring is 1. The summed E-state index contributed by atoms with van der Waals surface area (Å²) in [5.41, 5.74) is 12.5. The number of aromatic nitrogens is 2. The van der Waals surface area contributed by atoms with Gasteiger partial charge in [0.2, 0.25) is 0 Å². The molecule has 7 heteroatoms. The topological polar surface area (TPSA) is 99.9 Å². The Morgan fingerprint density at radius 1 is 1.18 bits per heavy atom. The van der Waals surface area contributed by atoms with Crippen LogP contribution >= 0.6 is 0 Å². The van der Waals surface area contributed by atoms with Gasteiger partial charge in [0, 0.05) is 41.9 Å². The van der Waals surface area contributed by atoms with Crippen LogP contribution in [-0.4, -0.2) is 36.1 Å². The lowest BCUT2D eigenvalue weighted by Crippen LogP contribution is -2.39. The van der Waals surface area contributed by atoms with Crippen molar-refractivity contribution in [1.82, 2.24) is 20.6 Å². The Hall–Kier alpha value is -3.42. The largest absolute Gasteiger partial charge is 0.383 e. The van der Waals surface area contributed by atoms with Gasteiger partial charge >= 0.3 is 0 Å². The van der Waals surface area contributed by atoms with Crippen molar-refractivity contribution in [3.8, 4) is 0 Å². The van der Waals surface area contributed by atoms with Crippen molar-refractivity contribution >= 4 is 23.0 Å². The summed E-state index contributed by atoms with van der Waals surface area (Å²) in [6.07, 6.45) is 5.91. The highest BCUT2D eigenvalue weighted by molar-refractivity contribution is 5.74. The quantitative estimate of drug-likeness (QED) is 0.360. The first-order valence-corrected chi connectivity index (χ1v) is 11.4. The van der Waals surface area contributed by atoms with E-state index in [2.05, 4.69) is 69.0 Å². The average Bonchev–Trinajstić information content (AvgIpc) is 2.85. The lowest BCUT2D eigenvalue weighted by atomic mass is 9.94. The highest BCUT2D eigenvalue weighted by Crippen LogP contribution is 2.35. The highest BCUT2D eigenvalue weighted by atomic mass is 15.0. The van der Waals surface area contributed by atoms with E-state index in [-0.39, 0.29) is 6.04 Å². The molecular formula is C26H33N7. The number of hydrogen-bond acceptors (Lipinski definition) is 7. The standard InChI is InChI=1S/C26H33N7/c1-17-15-31-26(27)23(24(17)33-21-7-6-13-29-16-21)25(28-3)20-11-9-19(10-12-20)18(2)32-22-8-4-5-14-30-22/h4-5,8-12,14-15,21,25,28-29H,2,6-7,13,16H2,1,3H3,(H,30,32)(H3,27,31,33). The summed E-state index contributed by atoms with van der Waals surface area (Å²) >= 11 is 0. The van der Waals surface area contributed by atoms with E-state index in [1.807, 2.05) is 31.4 Å². The minimum absolute atomic E-state index is 0.0949. The first-order chi connectivity index (χ1) is 16.1. The van der Waals surface area contributed by atoms with Gasteiger partial charge in [0.15, 0.2) is 0 Å². The molecule has 1 aliphatic rings. The predicted octanol–water partition coefficient (Wildman–Crippen LogP) is 3.92. The van der Waals surface area contributed by atoms with Crippen LogP contribution in [0.2, 0.25) is 0 Å². The van der Waals surface area contributed by atoms with Crippen molar-refractivity contribution < 1.29 is 0 Å². The molecule has 0 saturated carbocycles. The fourth-order valence-corrected chi connectivity index (χ4v) is 4.32. The number of benzene rings is 1. The van der Waals surface area contributed by atoms with Crippen LogP contribution in [0.15, 0.2) is 61.4 Å². The van der Waals surface area contributed by atoms with Crippen LogP contribution in [0.5, 0.6) is 0 Å². The number of piperidine rings is 1. The van der Waals surface area contributed by atoms with E-state index in [1.54, 1.807) is 6.20 Å². The maximum atomic E-state index is 6.44. The van der Waals surface area contributed by atoms with Gasteiger partial charge in [-0.05, 0) is 62.2 Å². The molecule has 7 nitrogen and oxygen atoms in total. The van der Waals surface area contributed by atoms with Crippen molar-refractivity contribution in [2.75, 3.05) is 36.5 Å². The molecule has 1 aromatic carbocycles. The molecule has 172 valence electrons. The summed E-state index contributed by atoms with van der Waals surface area (Å²) < 4.78 is 0. The lowest BCUT2D eigenvalue weighted by Gasteiger charge is -2.29. The molecule has 0 radical (unpaired) electrons. The number of pyridine rings is 2. The Labute approximate surface area is 195 Å². The number of anilines is 3. The van der Waals surface area contributed by atoms with Crippen LogP contribution in [0.4, 0.5) is 17.3 Å². The van der Waals surface area contributed by atoms with Gasteiger partial charge in [0.25, 0.3) is 0 Å². The van der Waals surface area contributed by atoms with E-state index in [9.17, 15) is 0 Å². The second-order valence-corrected chi connectivity index (χ2v) is 8.46. The number of nitrogens with one attached hydrogen (secondary N) is 4. The molecule has 2 atom stereocenters. The third-order valence-corrected chi connectivity index (χ3v) is 6.10. The first kappa shape index (κ1) is 22.8. The van der Waals surface area contributed by atoms with Crippen LogP contribution < -0.4 is 27.0 Å². The smallest absolute Gasteiger partial charge is 0.130 e. The van der Waals surface area contributed by atoms with Gasteiger partial charge in [-0.3, -0.25) is 0 Å². The van der Waals surface area contributed by atoms with Crippen LogP contribution in [0.25, 0.3) is 5.70 Å². The van der Waals surface area contributed by atoms with E-state index in [4.69, 9.17) is 5.73 Å². The number of rotatable bonds is 8. The first-order valence-electron chi connectivity index (χ1n) is 11.4. The summed E-state index contributed by atoms with van der Waals surface area (Å²) in [5.74, 6) is 1.31. The Morgan fingerprint density at radius 3 is 2.67 bits per heavy atom. The molecule has 2 aromatic heterocycles. The van der Waals surface area contributed by atoms with Crippen molar-refractivity contribution in [3.63, 3.8) is 0 Å². The molecule has 33 heavy (non-hydrogen) atoms. The number of hydrogen-bond donors (Lipinski definition) is 5. The Bertz CT molecular complexity index is 1070. The van der Waals surface area contributed by atoms with Crippen molar-refractivity contribution in [1.29, 1.82) is 0 Å². The van der Waals surface area contributed by atoms with Crippen LogP contribution in [0.1, 0.15) is 41.1 Å². The number of nitrogens with two attached hydrogens (primary N) is 1. The van der Waals surface area contributed by atoms with Gasteiger partial charge in [0.05, 0.1) is 6.04 Å². The molecule has 0 spiro atoms. The van der Waals surface area contributed by atoms with Gasteiger partial charge in [0.1, 0.15) is 11.6 Å². The fourth-order valence-electron chi connectivity index (χ4n) is 4.32. The van der Waals surface area contributed by atoms with Crippen molar-refractivity contribution in [2.45, 2.75) is 31.8 Å². The third kappa shape index (κ3) is 5.32. The number of nitrogens with zero attached hydrogens (tertiary/aromatic N) is 2. The Morgan fingerprint density at radius 2 is 2.00 bits per heavy atom. The van der Waals surface area contributed by atoms with Gasteiger partial charge in [-0.15, -0.1) is 0 Å². The molecule has 1 aliphatic heterocycles. The fraction of sp³-hybridized carbons (Fsp3) is 0.308. The zero-order valence-electron chi connectivity index (χ0n) is 19.4. The van der Waals surface area contributed by atoms with E-state index in [0.29, 0.717) is 11.9 Å². The summed E-state index contributed by atoms with van der Waals surface area (Å²) in [4.78, 5) is 8.77. The minimum atomic E-state index is -0.0949. The zero-order valence-corrected chi connectivity index (χ0v) is 19.4. The number of aryl methyl sites for hydroxylation is 1. The minimum Gasteiger partial charge on any atom is -0.383 e. The van der Waals surface area contributed by atoms with Gasteiger partial charge in [-0.1, -0.05) is 36.9 Å². The van der Waals surface area contributed by atoms with Crippen molar-refractivity contribution in [3.05, 3.63) is 83.7 Å². The SMILES string of the molecule is C=C(Nc1ccccn1)c1ccc(C(NC)c2c(N)ncc(C)c2NC2CCCNC2)cc1. The van der Waals surface area contributed by atoms with Gasteiger partial charge in [-0.25, -0.2) is 9.97 Å². The van der Waals surface area contributed by atoms with Crippen LogP contribution in [0, 0.1) is 6.92 Å². The molecule has 2 unspecified atom stereocenters. The molecule has 3 heterocycles. The van der Waals surface area contributed by atoms with E-state index in [1.165, 1.54) is 6.42 Å². The van der Waals surface area contributed by atoms with Crippen LogP contribution in [-0.2, 0) is 0 Å². The molecular weight excluding hydrogens is 410 g/mol. The normalized spacial score (nSPS) is 16.7.